The molecular formula is C22H17ClN4O2S. The first kappa shape index (κ1) is 20.0. The van der Waals surface area contributed by atoms with E-state index in [1.54, 1.807) is 24.4 Å². The Hall–Kier alpha value is -3.29. The molecule has 8 heteroatoms. The summed E-state index contributed by atoms with van der Waals surface area (Å²) in [6.45, 7) is 3.82. The second kappa shape index (κ2) is 8.22. The van der Waals surface area contributed by atoms with Gasteiger partial charge in [0.05, 0.1) is 10.6 Å². The fourth-order valence-electron chi connectivity index (χ4n) is 3.02. The van der Waals surface area contributed by atoms with Crippen LogP contribution in [0, 0.1) is 13.8 Å². The Morgan fingerprint density at radius 1 is 1.13 bits per heavy atom. The Morgan fingerprint density at radius 3 is 2.73 bits per heavy atom. The molecular weight excluding hydrogens is 420 g/mol. The van der Waals surface area contributed by atoms with Crippen LogP contribution < -0.4 is 10.6 Å². The molecule has 2 heterocycles. The van der Waals surface area contributed by atoms with Gasteiger partial charge in [-0.15, -0.1) is 0 Å². The minimum absolute atomic E-state index is 0.163. The SMILES string of the molecule is Cc1ccc(C(=O)NC(=S)Nc2cccc(-c3nc4ncccc4o3)c2C)c(Cl)c1. The summed E-state index contributed by atoms with van der Waals surface area (Å²) in [4.78, 5) is 21.1. The summed E-state index contributed by atoms with van der Waals surface area (Å²) in [6.07, 6.45) is 1.67. The van der Waals surface area contributed by atoms with Crippen LogP contribution in [0.2, 0.25) is 5.02 Å². The first-order valence-electron chi connectivity index (χ1n) is 9.12. The zero-order valence-electron chi connectivity index (χ0n) is 16.2. The Kier molecular flexibility index (Phi) is 5.48. The van der Waals surface area contributed by atoms with Gasteiger partial charge in [-0.25, -0.2) is 4.98 Å². The number of aryl methyl sites for hydroxylation is 1. The molecule has 4 rings (SSSR count). The quantitative estimate of drug-likeness (QED) is 0.425. The third kappa shape index (κ3) is 4.03. The predicted octanol–water partition coefficient (Wildman–Crippen LogP) is 5.29. The van der Waals surface area contributed by atoms with Crippen molar-refractivity contribution in [1.29, 1.82) is 0 Å². The average Bonchev–Trinajstić information content (AvgIpc) is 3.13. The topological polar surface area (TPSA) is 80.0 Å². The first-order chi connectivity index (χ1) is 14.4. The molecule has 0 atom stereocenters. The number of nitrogens with zero attached hydrogens (tertiary/aromatic N) is 2. The van der Waals surface area contributed by atoms with Crippen molar-refractivity contribution < 1.29 is 9.21 Å². The summed E-state index contributed by atoms with van der Waals surface area (Å²) in [6, 6.07) is 14.4. The van der Waals surface area contributed by atoms with Crippen LogP contribution in [0.25, 0.3) is 22.7 Å². The lowest BCUT2D eigenvalue weighted by Gasteiger charge is -2.14. The van der Waals surface area contributed by atoms with Gasteiger partial charge in [0.25, 0.3) is 5.91 Å². The molecule has 1 amide bonds. The number of amides is 1. The summed E-state index contributed by atoms with van der Waals surface area (Å²) in [5.74, 6) is 0.0857. The standard InChI is InChI=1S/C22H17ClN4O2S/c1-12-8-9-15(16(23)11-12)20(28)27-22(30)25-17-6-3-5-14(13(17)2)21-26-19-18(29-21)7-4-10-24-19/h3-11H,1-2H3,(H2,25,27,28,30). The summed E-state index contributed by atoms with van der Waals surface area (Å²) in [5.41, 5.74) is 4.88. The predicted molar refractivity (Wildman–Crippen MR) is 122 cm³/mol. The maximum Gasteiger partial charge on any atom is 0.258 e. The molecule has 30 heavy (non-hydrogen) atoms. The van der Waals surface area contributed by atoms with Crippen LogP contribution in [0.15, 0.2) is 59.1 Å². The molecule has 0 fully saturated rings. The molecule has 2 N–H and O–H groups in total. The van der Waals surface area contributed by atoms with Crippen LogP contribution >= 0.6 is 23.8 Å². The maximum atomic E-state index is 12.5. The third-order valence-corrected chi connectivity index (χ3v) is 5.09. The number of anilines is 1. The molecule has 150 valence electrons. The molecule has 6 nitrogen and oxygen atoms in total. The maximum absolute atomic E-state index is 12.5. The minimum atomic E-state index is -0.378. The van der Waals surface area contributed by atoms with Gasteiger partial charge in [0.15, 0.2) is 16.3 Å². The second-order valence-electron chi connectivity index (χ2n) is 6.71. The average molecular weight is 437 g/mol. The van der Waals surface area contributed by atoms with Crippen molar-refractivity contribution in [1.82, 2.24) is 15.3 Å². The van der Waals surface area contributed by atoms with Gasteiger partial charge in [0.1, 0.15) is 0 Å². The van der Waals surface area contributed by atoms with Gasteiger partial charge in [0.2, 0.25) is 5.89 Å². The van der Waals surface area contributed by atoms with E-state index in [9.17, 15) is 4.79 Å². The Morgan fingerprint density at radius 2 is 1.97 bits per heavy atom. The molecule has 2 aromatic heterocycles. The molecule has 0 aliphatic heterocycles. The van der Waals surface area contributed by atoms with E-state index >= 15 is 0 Å². The number of pyridine rings is 1. The van der Waals surface area contributed by atoms with E-state index in [1.807, 2.05) is 44.2 Å². The zero-order valence-corrected chi connectivity index (χ0v) is 17.8. The molecule has 0 aliphatic rings. The van der Waals surface area contributed by atoms with E-state index in [4.69, 9.17) is 28.2 Å². The number of nitrogens with one attached hydrogen (secondary N) is 2. The van der Waals surface area contributed by atoms with Crippen molar-refractivity contribution in [3.05, 3.63) is 76.4 Å². The number of halogens is 1. The highest BCUT2D eigenvalue weighted by Gasteiger charge is 2.15. The number of benzene rings is 2. The highest BCUT2D eigenvalue weighted by molar-refractivity contribution is 7.80. The highest BCUT2D eigenvalue weighted by atomic mass is 35.5. The first-order valence-corrected chi connectivity index (χ1v) is 9.91. The summed E-state index contributed by atoms with van der Waals surface area (Å²) >= 11 is 11.5. The Bertz CT molecular complexity index is 1250. The minimum Gasteiger partial charge on any atom is -0.434 e. The number of aromatic nitrogens is 2. The summed E-state index contributed by atoms with van der Waals surface area (Å²) < 4.78 is 5.82. The molecule has 0 bridgehead atoms. The van der Waals surface area contributed by atoms with Gasteiger partial charge in [0, 0.05) is 17.4 Å². The molecule has 0 unspecified atom stereocenters. The van der Waals surface area contributed by atoms with Crippen molar-refractivity contribution in [3.63, 3.8) is 0 Å². The number of thiocarbonyl (C=S) groups is 1. The fourth-order valence-corrected chi connectivity index (χ4v) is 3.54. The van der Waals surface area contributed by atoms with E-state index in [1.165, 1.54) is 0 Å². The lowest BCUT2D eigenvalue weighted by atomic mass is 10.1. The monoisotopic (exact) mass is 436 g/mol. The van der Waals surface area contributed by atoms with Crippen LogP contribution in [-0.2, 0) is 0 Å². The highest BCUT2D eigenvalue weighted by Crippen LogP contribution is 2.30. The van der Waals surface area contributed by atoms with Gasteiger partial charge < -0.3 is 9.73 Å². The van der Waals surface area contributed by atoms with Gasteiger partial charge in [-0.1, -0.05) is 23.7 Å². The van der Waals surface area contributed by atoms with E-state index in [0.717, 1.165) is 22.4 Å². The van der Waals surface area contributed by atoms with E-state index in [-0.39, 0.29) is 11.0 Å². The third-order valence-electron chi connectivity index (χ3n) is 4.57. The van der Waals surface area contributed by atoms with Crippen molar-refractivity contribution in [2.45, 2.75) is 13.8 Å². The van der Waals surface area contributed by atoms with Gasteiger partial charge >= 0.3 is 0 Å². The lowest BCUT2D eigenvalue weighted by molar-refractivity contribution is 0.0978. The van der Waals surface area contributed by atoms with Crippen molar-refractivity contribution in [2.75, 3.05) is 5.32 Å². The van der Waals surface area contributed by atoms with Crippen LogP contribution in [0.5, 0.6) is 0 Å². The van der Waals surface area contributed by atoms with Gasteiger partial charge in [-0.2, -0.15) is 4.98 Å². The summed E-state index contributed by atoms with van der Waals surface area (Å²) in [7, 11) is 0. The number of carbonyl (C=O) groups excluding carboxylic acids is 1. The normalized spacial score (nSPS) is 10.8. The van der Waals surface area contributed by atoms with Crippen LogP contribution in [0.1, 0.15) is 21.5 Å². The van der Waals surface area contributed by atoms with Crippen LogP contribution in [0.4, 0.5) is 5.69 Å². The van der Waals surface area contributed by atoms with Crippen LogP contribution in [-0.4, -0.2) is 21.0 Å². The van der Waals surface area contributed by atoms with Crippen molar-refractivity contribution in [2.24, 2.45) is 0 Å². The zero-order chi connectivity index (χ0) is 21.3. The van der Waals surface area contributed by atoms with Crippen molar-refractivity contribution in [3.8, 4) is 11.5 Å². The van der Waals surface area contributed by atoms with Gasteiger partial charge in [-0.3, -0.25) is 10.1 Å². The van der Waals surface area contributed by atoms with Crippen LogP contribution in [0.3, 0.4) is 0 Å². The molecule has 0 radical (unpaired) electrons. The molecule has 0 aliphatic carbocycles. The molecule has 0 spiro atoms. The number of hydrogen-bond donors (Lipinski definition) is 2. The molecule has 0 saturated heterocycles. The number of oxazole rings is 1. The Labute approximate surface area is 183 Å². The van der Waals surface area contributed by atoms with Crippen molar-refractivity contribution >= 4 is 51.8 Å². The fraction of sp³-hybridized carbons (Fsp3) is 0.0909. The second-order valence-corrected chi connectivity index (χ2v) is 7.53. The largest absolute Gasteiger partial charge is 0.434 e. The molecule has 4 aromatic rings. The van der Waals surface area contributed by atoms with E-state index in [0.29, 0.717) is 27.7 Å². The number of rotatable bonds is 3. The van der Waals surface area contributed by atoms with Gasteiger partial charge in [-0.05, 0) is 73.6 Å². The summed E-state index contributed by atoms with van der Waals surface area (Å²) in [5, 5.41) is 6.25. The number of hydrogen-bond acceptors (Lipinski definition) is 5. The van der Waals surface area contributed by atoms with E-state index in [2.05, 4.69) is 20.6 Å². The Balaban J connectivity index is 1.54. The number of fused-ring (bicyclic) bond motifs is 1. The van der Waals surface area contributed by atoms with E-state index < -0.39 is 0 Å². The smallest absolute Gasteiger partial charge is 0.258 e. The lowest BCUT2D eigenvalue weighted by Crippen LogP contribution is -2.34. The number of carbonyl (C=O) groups is 1. The molecule has 2 aromatic carbocycles. The molecule has 0 saturated carbocycles.